The van der Waals surface area contributed by atoms with Gasteiger partial charge in [0, 0.05) is 39.0 Å². The van der Waals surface area contributed by atoms with Crippen molar-refractivity contribution in [2.75, 3.05) is 33.9 Å². The fourth-order valence-corrected chi connectivity index (χ4v) is 2.78. The standard InChI is InChI=1S/C19H30N4O2.HI/c1-20-19(22-12-10-16-7-4-3-5-8-16)23-15-17-9-6-11-21-18(17)25-14-13-24-2;/h6-7,9,11H,3-5,8,10,12-15H2,1-2H3,(H2,20,22,23);1H. The van der Waals surface area contributed by atoms with E-state index in [0.29, 0.717) is 25.6 Å². The van der Waals surface area contributed by atoms with Crippen molar-refractivity contribution in [1.29, 1.82) is 0 Å². The fourth-order valence-electron chi connectivity index (χ4n) is 2.78. The van der Waals surface area contributed by atoms with E-state index >= 15 is 0 Å². The molecule has 0 amide bonds. The smallest absolute Gasteiger partial charge is 0.218 e. The Kier molecular flexibility index (Phi) is 12.0. The highest BCUT2D eigenvalue weighted by molar-refractivity contribution is 14.0. The van der Waals surface area contributed by atoms with Crippen molar-refractivity contribution < 1.29 is 9.47 Å². The molecule has 0 unspecified atom stereocenters. The van der Waals surface area contributed by atoms with Gasteiger partial charge in [-0.25, -0.2) is 4.98 Å². The number of aromatic nitrogens is 1. The normalized spacial score (nSPS) is 14.2. The monoisotopic (exact) mass is 474 g/mol. The van der Waals surface area contributed by atoms with Crippen LogP contribution in [-0.4, -0.2) is 44.9 Å². The molecule has 0 saturated heterocycles. The zero-order chi connectivity index (χ0) is 17.7. The van der Waals surface area contributed by atoms with Crippen LogP contribution < -0.4 is 15.4 Å². The minimum atomic E-state index is 0. The lowest BCUT2D eigenvalue weighted by molar-refractivity contribution is 0.143. The minimum Gasteiger partial charge on any atom is -0.475 e. The number of rotatable bonds is 9. The van der Waals surface area contributed by atoms with Gasteiger partial charge >= 0.3 is 0 Å². The highest BCUT2D eigenvalue weighted by Crippen LogP contribution is 2.19. The summed E-state index contributed by atoms with van der Waals surface area (Å²) in [6, 6.07) is 3.91. The van der Waals surface area contributed by atoms with Crippen molar-refractivity contribution in [2.24, 2.45) is 4.99 Å². The third kappa shape index (κ3) is 8.35. The van der Waals surface area contributed by atoms with E-state index in [1.54, 1.807) is 25.9 Å². The van der Waals surface area contributed by atoms with Crippen molar-refractivity contribution >= 4 is 29.9 Å². The Morgan fingerprint density at radius 3 is 2.88 bits per heavy atom. The third-order valence-electron chi connectivity index (χ3n) is 4.17. The molecule has 0 aromatic carbocycles. The first-order valence-electron chi connectivity index (χ1n) is 9.01. The molecule has 0 radical (unpaired) electrons. The summed E-state index contributed by atoms with van der Waals surface area (Å²) in [5.41, 5.74) is 2.56. The molecule has 0 atom stereocenters. The van der Waals surface area contributed by atoms with Gasteiger partial charge in [0.25, 0.3) is 0 Å². The van der Waals surface area contributed by atoms with Crippen LogP contribution in [0.15, 0.2) is 35.0 Å². The van der Waals surface area contributed by atoms with Gasteiger partial charge in [0.1, 0.15) is 6.61 Å². The SMILES string of the molecule is CN=C(NCCC1=CCCCC1)NCc1cccnc1OCCOC.I. The second kappa shape index (κ2) is 13.8. The van der Waals surface area contributed by atoms with Crippen LogP contribution in [0.1, 0.15) is 37.7 Å². The summed E-state index contributed by atoms with van der Waals surface area (Å²) in [6.07, 6.45) is 10.3. The summed E-state index contributed by atoms with van der Waals surface area (Å²) < 4.78 is 10.7. The number of nitrogens with one attached hydrogen (secondary N) is 2. The van der Waals surface area contributed by atoms with Gasteiger partial charge in [-0.15, -0.1) is 24.0 Å². The molecule has 1 aliphatic rings. The van der Waals surface area contributed by atoms with Crippen LogP contribution in [0.3, 0.4) is 0 Å². The number of aliphatic imine (C=N–C) groups is 1. The highest BCUT2D eigenvalue weighted by atomic mass is 127. The number of nitrogens with zero attached hydrogens (tertiary/aromatic N) is 2. The lowest BCUT2D eigenvalue weighted by Crippen LogP contribution is -2.37. The molecule has 0 fully saturated rings. The molecule has 0 aliphatic heterocycles. The molecule has 1 aromatic rings. The van der Waals surface area contributed by atoms with E-state index in [0.717, 1.165) is 24.5 Å². The largest absolute Gasteiger partial charge is 0.475 e. The van der Waals surface area contributed by atoms with E-state index in [4.69, 9.17) is 9.47 Å². The van der Waals surface area contributed by atoms with E-state index in [-0.39, 0.29) is 24.0 Å². The Bertz CT molecular complexity index is 578. The number of halogens is 1. The number of allylic oxidation sites excluding steroid dienone is 1. The van der Waals surface area contributed by atoms with Crippen molar-refractivity contribution in [3.05, 3.63) is 35.5 Å². The summed E-state index contributed by atoms with van der Waals surface area (Å²) in [6.45, 7) is 2.54. The molecule has 0 spiro atoms. The zero-order valence-corrected chi connectivity index (χ0v) is 18.1. The Morgan fingerprint density at radius 1 is 1.27 bits per heavy atom. The number of methoxy groups -OCH3 is 1. The molecule has 0 saturated carbocycles. The van der Waals surface area contributed by atoms with E-state index in [1.165, 1.54) is 25.7 Å². The summed E-state index contributed by atoms with van der Waals surface area (Å²) in [7, 11) is 3.44. The average Bonchev–Trinajstić information content (AvgIpc) is 2.66. The van der Waals surface area contributed by atoms with E-state index in [1.807, 2.05) is 12.1 Å². The van der Waals surface area contributed by atoms with Crippen molar-refractivity contribution in [3.8, 4) is 5.88 Å². The van der Waals surface area contributed by atoms with Crippen molar-refractivity contribution in [3.63, 3.8) is 0 Å². The summed E-state index contributed by atoms with van der Waals surface area (Å²) in [5, 5.41) is 6.70. The summed E-state index contributed by atoms with van der Waals surface area (Å²) >= 11 is 0. The van der Waals surface area contributed by atoms with Gasteiger partial charge in [0.05, 0.1) is 6.61 Å². The maximum atomic E-state index is 5.66. The van der Waals surface area contributed by atoms with Crippen molar-refractivity contribution in [2.45, 2.75) is 38.6 Å². The maximum absolute atomic E-state index is 5.66. The Labute approximate surface area is 173 Å². The molecule has 6 nitrogen and oxygen atoms in total. The lowest BCUT2D eigenvalue weighted by Gasteiger charge is -2.16. The molecule has 7 heteroatoms. The van der Waals surface area contributed by atoms with E-state index in [9.17, 15) is 0 Å². The molecule has 2 N–H and O–H groups in total. The van der Waals surface area contributed by atoms with E-state index < -0.39 is 0 Å². The molecule has 1 heterocycles. The van der Waals surface area contributed by atoms with Gasteiger partial charge in [-0.2, -0.15) is 0 Å². The van der Waals surface area contributed by atoms with Crippen molar-refractivity contribution in [1.82, 2.24) is 15.6 Å². The van der Waals surface area contributed by atoms with Gasteiger partial charge in [0.15, 0.2) is 5.96 Å². The minimum absolute atomic E-state index is 0. The number of ether oxygens (including phenoxy) is 2. The number of guanidine groups is 1. The molecule has 0 bridgehead atoms. The van der Waals surface area contributed by atoms with Gasteiger partial charge in [-0.3, -0.25) is 4.99 Å². The zero-order valence-electron chi connectivity index (χ0n) is 15.8. The predicted octanol–water partition coefficient (Wildman–Crippen LogP) is 3.28. The fraction of sp³-hybridized carbons (Fsp3) is 0.579. The first-order valence-corrected chi connectivity index (χ1v) is 9.01. The van der Waals surface area contributed by atoms with Crippen LogP contribution >= 0.6 is 24.0 Å². The average molecular weight is 474 g/mol. The Morgan fingerprint density at radius 2 is 2.15 bits per heavy atom. The molecule has 1 aliphatic carbocycles. The highest BCUT2D eigenvalue weighted by Gasteiger charge is 2.07. The Hall–Kier alpha value is -1.35. The van der Waals surface area contributed by atoms with Gasteiger partial charge in [-0.1, -0.05) is 17.7 Å². The van der Waals surface area contributed by atoms with Gasteiger partial charge in [0.2, 0.25) is 5.88 Å². The third-order valence-corrected chi connectivity index (χ3v) is 4.17. The van der Waals surface area contributed by atoms with Gasteiger partial charge in [-0.05, 0) is 38.2 Å². The summed E-state index contributed by atoms with van der Waals surface area (Å²) in [4.78, 5) is 8.58. The molecule has 26 heavy (non-hydrogen) atoms. The molecular formula is C19H31IN4O2. The number of hydrogen-bond donors (Lipinski definition) is 2. The predicted molar refractivity (Wildman–Crippen MR) is 116 cm³/mol. The van der Waals surface area contributed by atoms with Crippen LogP contribution in [0.25, 0.3) is 0 Å². The van der Waals surface area contributed by atoms with Crippen LogP contribution in [0.4, 0.5) is 0 Å². The molecule has 1 aromatic heterocycles. The first-order chi connectivity index (χ1) is 12.3. The maximum Gasteiger partial charge on any atom is 0.218 e. The van der Waals surface area contributed by atoms with Gasteiger partial charge < -0.3 is 20.1 Å². The number of pyridine rings is 1. The first kappa shape index (κ1) is 22.7. The Balaban J connectivity index is 0.00000338. The summed E-state index contributed by atoms with van der Waals surface area (Å²) in [5.74, 6) is 1.43. The number of hydrogen-bond acceptors (Lipinski definition) is 4. The molecular weight excluding hydrogens is 443 g/mol. The topological polar surface area (TPSA) is 67.8 Å². The lowest BCUT2D eigenvalue weighted by atomic mass is 9.97. The van der Waals surface area contributed by atoms with Crippen LogP contribution in [0.5, 0.6) is 5.88 Å². The second-order valence-electron chi connectivity index (χ2n) is 6.02. The van der Waals surface area contributed by atoms with E-state index in [2.05, 4.69) is 26.7 Å². The van der Waals surface area contributed by atoms with Crippen LogP contribution in [-0.2, 0) is 11.3 Å². The van der Waals surface area contributed by atoms with Crippen LogP contribution in [0.2, 0.25) is 0 Å². The quantitative estimate of drug-likeness (QED) is 0.189. The second-order valence-corrected chi connectivity index (χ2v) is 6.02. The van der Waals surface area contributed by atoms with Crippen LogP contribution in [0, 0.1) is 0 Å². The molecule has 2 rings (SSSR count). The molecule has 146 valence electrons.